The number of rotatable bonds is 5. The molecule has 3 heteroatoms. The predicted molar refractivity (Wildman–Crippen MR) is 59.8 cm³/mol. The summed E-state index contributed by atoms with van der Waals surface area (Å²) in [6.07, 6.45) is 8.05. The van der Waals surface area contributed by atoms with Crippen molar-refractivity contribution in [3.05, 3.63) is 0 Å². The Morgan fingerprint density at radius 3 is 2.60 bits per heavy atom. The molecule has 0 heterocycles. The molecule has 3 atom stereocenters. The van der Waals surface area contributed by atoms with E-state index in [1.807, 2.05) is 0 Å². The SMILES string of the molecule is CCCOC1C(N)CC1OC1CCCC1. The van der Waals surface area contributed by atoms with Gasteiger partial charge >= 0.3 is 0 Å². The first-order valence-corrected chi connectivity index (χ1v) is 6.34. The van der Waals surface area contributed by atoms with Crippen LogP contribution in [0, 0.1) is 0 Å². The summed E-state index contributed by atoms with van der Waals surface area (Å²) in [6, 6.07) is 0.197. The smallest absolute Gasteiger partial charge is 0.0988 e. The third-order valence-electron chi connectivity index (χ3n) is 3.48. The zero-order valence-electron chi connectivity index (χ0n) is 9.65. The minimum Gasteiger partial charge on any atom is -0.374 e. The van der Waals surface area contributed by atoms with Gasteiger partial charge in [0.05, 0.1) is 18.3 Å². The average Bonchev–Trinajstić information content (AvgIpc) is 2.70. The van der Waals surface area contributed by atoms with Crippen LogP contribution in [0.2, 0.25) is 0 Å². The molecule has 0 bridgehead atoms. The van der Waals surface area contributed by atoms with Crippen LogP contribution < -0.4 is 5.73 Å². The standard InChI is InChI=1S/C12H23NO2/c1-2-7-14-12-10(13)8-11(12)15-9-5-3-4-6-9/h9-12H,2-8,13H2,1H3. The Balaban J connectivity index is 1.72. The highest BCUT2D eigenvalue weighted by Crippen LogP contribution is 2.31. The first-order chi connectivity index (χ1) is 7.31. The van der Waals surface area contributed by atoms with E-state index in [0.717, 1.165) is 19.4 Å². The van der Waals surface area contributed by atoms with Crippen molar-refractivity contribution in [1.29, 1.82) is 0 Å². The minimum atomic E-state index is 0.158. The maximum absolute atomic E-state index is 6.02. The van der Waals surface area contributed by atoms with Gasteiger partial charge in [-0.3, -0.25) is 0 Å². The van der Waals surface area contributed by atoms with E-state index in [1.54, 1.807) is 0 Å². The molecule has 0 aliphatic heterocycles. The molecule has 2 fully saturated rings. The highest BCUT2D eigenvalue weighted by Gasteiger charge is 2.41. The van der Waals surface area contributed by atoms with E-state index < -0.39 is 0 Å². The zero-order chi connectivity index (χ0) is 10.7. The van der Waals surface area contributed by atoms with Gasteiger partial charge in [-0.25, -0.2) is 0 Å². The van der Waals surface area contributed by atoms with Gasteiger partial charge in [0, 0.05) is 12.6 Å². The molecule has 0 radical (unpaired) electrons. The first kappa shape index (κ1) is 11.4. The molecule has 2 saturated carbocycles. The summed E-state index contributed by atoms with van der Waals surface area (Å²) in [7, 11) is 0. The molecule has 0 spiro atoms. The second kappa shape index (κ2) is 5.28. The molecule has 3 unspecified atom stereocenters. The summed E-state index contributed by atoms with van der Waals surface area (Å²) in [5.74, 6) is 0. The molecule has 88 valence electrons. The van der Waals surface area contributed by atoms with Gasteiger partial charge < -0.3 is 15.2 Å². The van der Waals surface area contributed by atoms with Crippen LogP contribution in [0.1, 0.15) is 45.4 Å². The number of nitrogens with two attached hydrogens (primary N) is 1. The quantitative estimate of drug-likeness (QED) is 0.758. The summed E-state index contributed by atoms with van der Waals surface area (Å²) in [5.41, 5.74) is 5.92. The van der Waals surface area contributed by atoms with Crippen molar-refractivity contribution >= 4 is 0 Å². The predicted octanol–water partition coefficient (Wildman–Crippen LogP) is 1.84. The van der Waals surface area contributed by atoms with E-state index >= 15 is 0 Å². The fraction of sp³-hybridized carbons (Fsp3) is 1.00. The van der Waals surface area contributed by atoms with Crippen molar-refractivity contribution < 1.29 is 9.47 Å². The fourth-order valence-electron chi connectivity index (χ4n) is 2.51. The fourth-order valence-corrected chi connectivity index (χ4v) is 2.51. The van der Waals surface area contributed by atoms with Crippen molar-refractivity contribution in [2.75, 3.05) is 6.61 Å². The van der Waals surface area contributed by atoms with E-state index in [-0.39, 0.29) is 18.2 Å². The molecule has 15 heavy (non-hydrogen) atoms. The van der Waals surface area contributed by atoms with Crippen LogP contribution >= 0.6 is 0 Å². The summed E-state index contributed by atoms with van der Waals surface area (Å²) in [6.45, 7) is 2.93. The van der Waals surface area contributed by atoms with Crippen LogP contribution in [0.5, 0.6) is 0 Å². The van der Waals surface area contributed by atoms with Crippen LogP contribution in [0.4, 0.5) is 0 Å². The molecule has 2 N–H and O–H groups in total. The lowest BCUT2D eigenvalue weighted by atomic mass is 9.86. The second-order valence-corrected chi connectivity index (χ2v) is 4.82. The minimum absolute atomic E-state index is 0.158. The summed E-state index contributed by atoms with van der Waals surface area (Å²) < 4.78 is 11.7. The number of hydrogen-bond donors (Lipinski definition) is 1. The Morgan fingerprint density at radius 2 is 2.00 bits per heavy atom. The van der Waals surface area contributed by atoms with Crippen LogP contribution in [0.3, 0.4) is 0 Å². The van der Waals surface area contributed by atoms with Crippen LogP contribution in [-0.4, -0.2) is 31.0 Å². The Labute approximate surface area is 92.3 Å². The van der Waals surface area contributed by atoms with Crippen molar-refractivity contribution in [2.45, 2.75) is 69.8 Å². The highest BCUT2D eigenvalue weighted by atomic mass is 16.6. The first-order valence-electron chi connectivity index (χ1n) is 6.34. The van der Waals surface area contributed by atoms with Crippen LogP contribution in [-0.2, 0) is 9.47 Å². The molecule has 0 amide bonds. The lowest BCUT2D eigenvalue weighted by molar-refractivity contribution is -0.159. The van der Waals surface area contributed by atoms with Gasteiger partial charge in [-0.2, -0.15) is 0 Å². The van der Waals surface area contributed by atoms with Crippen molar-refractivity contribution in [3.8, 4) is 0 Å². The van der Waals surface area contributed by atoms with E-state index in [0.29, 0.717) is 6.10 Å². The van der Waals surface area contributed by atoms with Crippen molar-refractivity contribution in [3.63, 3.8) is 0 Å². The third kappa shape index (κ3) is 2.71. The molecular formula is C12H23NO2. The van der Waals surface area contributed by atoms with Crippen LogP contribution in [0.25, 0.3) is 0 Å². The molecule has 3 nitrogen and oxygen atoms in total. The Bertz CT molecular complexity index is 192. The lowest BCUT2D eigenvalue weighted by Crippen LogP contribution is -2.58. The van der Waals surface area contributed by atoms with Gasteiger partial charge in [0.2, 0.25) is 0 Å². The molecule has 0 aromatic rings. The Kier molecular flexibility index (Phi) is 4.00. The largest absolute Gasteiger partial charge is 0.374 e. The lowest BCUT2D eigenvalue weighted by Gasteiger charge is -2.43. The topological polar surface area (TPSA) is 44.5 Å². The maximum atomic E-state index is 6.02. The molecule has 0 aromatic carbocycles. The summed E-state index contributed by atoms with van der Waals surface area (Å²) >= 11 is 0. The number of hydrogen-bond acceptors (Lipinski definition) is 3. The molecule has 2 rings (SSSR count). The van der Waals surface area contributed by atoms with Gasteiger partial charge in [0.15, 0.2) is 0 Å². The van der Waals surface area contributed by atoms with Gasteiger partial charge in [0.25, 0.3) is 0 Å². The summed E-state index contributed by atoms with van der Waals surface area (Å²) in [5, 5.41) is 0. The monoisotopic (exact) mass is 213 g/mol. The molecular weight excluding hydrogens is 190 g/mol. The van der Waals surface area contributed by atoms with E-state index in [2.05, 4.69) is 6.92 Å². The second-order valence-electron chi connectivity index (χ2n) is 4.82. The molecule has 2 aliphatic carbocycles. The van der Waals surface area contributed by atoms with Gasteiger partial charge in [-0.15, -0.1) is 0 Å². The number of ether oxygens (including phenoxy) is 2. The summed E-state index contributed by atoms with van der Waals surface area (Å²) in [4.78, 5) is 0. The Hall–Kier alpha value is -0.120. The van der Waals surface area contributed by atoms with Gasteiger partial charge in [-0.05, 0) is 25.7 Å². The van der Waals surface area contributed by atoms with Crippen molar-refractivity contribution in [1.82, 2.24) is 0 Å². The zero-order valence-corrected chi connectivity index (χ0v) is 9.65. The maximum Gasteiger partial charge on any atom is 0.0988 e. The normalized spacial score (nSPS) is 36.8. The highest BCUT2D eigenvalue weighted by molar-refractivity contribution is 4.96. The molecule has 2 aliphatic rings. The van der Waals surface area contributed by atoms with E-state index in [9.17, 15) is 0 Å². The van der Waals surface area contributed by atoms with Gasteiger partial charge in [0.1, 0.15) is 0 Å². The third-order valence-corrected chi connectivity index (χ3v) is 3.48. The average molecular weight is 213 g/mol. The van der Waals surface area contributed by atoms with E-state index in [4.69, 9.17) is 15.2 Å². The van der Waals surface area contributed by atoms with Gasteiger partial charge in [-0.1, -0.05) is 19.8 Å². The molecule has 0 aromatic heterocycles. The van der Waals surface area contributed by atoms with Crippen molar-refractivity contribution in [2.24, 2.45) is 5.73 Å². The van der Waals surface area contributed by atoms with Crippen LogP contribution in [0.15, 0.2) is 0 Å². The Morgan fingerprint density at radius 1 is 1.27 bits per heavy atom. The molecule has 0 saturated heterocycles. The van der Waals surface area contributed by atoms with E-state index in [1.165, 1.54) is 25.7 Å².